The lowest BCUT2D eigenvalue weighted by Gasteiger charge is -2.31. The molecule has 36 heavy (non-hydrogen) atoms. The Morgan fingerprint density at radius 1 is 1.08 bits per heavy atom. The molecule has 0 radical (unpaired) electrons. The van der Waals surface area contributed by atoms with Gasteiger partial charge in [0.05, 0.1) is 12.5 Å². The number of hydrogen-bond acceptors (Lipinski definition) is 5. The fourth-order valence-electron chi connectivity index (χ4n) is 4.77. The van der Waals surface area contributed by atoms with E-state index >= 15 is 0 Å². The van der Waals surface area contributed by atoms with Gasteiger partial charge in [-0.15, -0.1) is 0 Å². The maximum atomic E-state index is 12.6. The third kappa shape index (κ3) is 6.03. The largest absolute Gasteiger partial charge is 0.481 e. The van der Waals surface area contributed by atoms with E-state index in [-0.39, 0.29) is 30.8 Å². The van der Waals surface area contributed by atoms with Crippen LogP contribution >= 0.6 is 0 Å². The van der Waals surface area contributed by atoms with Crippen molar-refractivity contribution in [2.45, 2.75) is 45.1 Å². The number of carboxylic acid groups (broad SMARTS) is 1. The van der Waals surface area contributed by atoms with E-state index in [0.717, 1.165) is 41.2 Å². The topological polar surface area (TPSA) is 99.8 Å². The molecule has 1 amide bonds. The molecule has 7 nitrogen and oxygen atoms in total. The first kappa shape index (κ1) is 25.2. The normalized spacial score (nSPS) is 14.9. The number of furan rings is 1. The number of rotatable bonds is 9. The summed E-state index contributed by atoms with van der Waals surface area (Å²) >= 11 is 0. The van der Waals surface area contributed by atoms with Crippen LogP contribution in [0, 0.1) is 12.8 Å². The van der Waals surface area contributed by atoms with Crippen LogP contribution in [0.1, 0.15) is 59.8 Å². The zero-order chi connectivity index (χ0) is 25.7. The maximum Gasteiger partial charge on any atom is 0.305 e. The Balaban J connectivity index is 1.56. The second kappa shape index (κ2) is 11.2. The number of carboxylic acids is 1. The minimum Gasteiger partial charge on any atom is -0.481 e. The third-order valence-corrected chi connectivity index (χ3v) is 6.87. The molecular formula is C29H32N2O5. The fourth-order valence-corrected chi connectivity index (χ4v) is 4.77. The number of hydrogen-bond donors (Lipinski definition) is 2. The van der Waals surface area contributed by atoms with Crippen molar-refractivity contribution in [1.29, 1.82) is 0 Å². The number of benzene rings is 2. The van der Waals surface area contributed by atoms with Crippen LogP contribution in [0.25, 0.3) is 11.3 Å². The first-order valence-electron chi connectivity index (χ1n) is 12.3. The molecule has 7 heteroatoms. The predicted octanol–water partition coefficient (Wildman–Crippen LogP) is 5.71. The minimum absolute atomic E-state index is 0.0425. The van der Waals surface area contributed by atoms with E-state index in [9.17, 15) is 14.4 Å². The number of nitrogens with one attached hydrogen (secondary N) is 1. The SMILES string of the molecule is Cc1oc(-c2ccccc2)cc1C(Nc1ccc(C(=O)N(C)CCC(=O)O)cc1)C1CCC(=O)CC1. The summed E-state index contributed by atoms with van der Waals surface area (Å²) in [7, 11) is 1.60. The number of aliphatic carboxylic acids is 1. The lowest BCUT2D eigenvalue weighted by molar-refractivity contribution is -0.137. The summed E-state index contributed by atoms with van der Waals surface area (Å²) in [6.45, 7) is 2.12. The number of carbonyl (C=O) groups is 3. The Labute approximate surface area is 211 Å². The van der Waals surface area contributed by atoms with Gasteiger partial charge in [0.15, 0.2) is 0 Å². The van der Waals surface area contributed by atoms with E-state index in [2.05, 4.69) is 11.4 Å². The van der Waals surface area contributed by atoms with Crippen LogP contribution in [-0.2, 0) is 9.59 Å². The highest BCUT2D eigenvalue weighted by molar-refractivity contribution is 5.94. The van der Waals surface area contributed by atoms with Gasteiger partial charge >= 0.3 is 5.97 Å². The molecular weight excluding hydrogens is 456 g/mol. The van der Waals surface area contributed by atoms with Crippen molar-refractivity contribution in [3.05, 3.63) is 77.6 Å². The van der Waals surface area contributed by atoms with Gasteiger partial charge in [-0.05, 0) is 56.0 Å². The lowest BCUT2D eigenvalue weighted by atomic mass is 9.80. The second-order valence-electron chi connectivity index (χ2n) is 9.43. The first-order valence-corrected chi connectivity index (χ1v) is 12.3. The van der Waals surface area contributed by atoms with Gasteiger partial charge < -0.3 is 19.7 Å². The van der Waals surface area contributed by atoms with Crippen LogP contribution in [-0.4, -0.2) is 41.3 Å². The van der Waals surface area contributed by atoms with Crippen molar-refractivity contribution < 1.29 is 23.9 Å². The predicted molar refractivity (Wildman–Crippen MR) is 138 cm³/mol. The minimum atomic E-state index is -0.936. The number of ketones is 1. The number of carbonyl (C=O) groups excluding carboxylic acids is 2. The van der Waals surface area contributed by atoms with Gasteiger partial charge in [-0.25, -0.2) is 0 Å². The summed E-state index contributed by atoms with van der Waals surface area (Å²) in [6.07, 6.45) is 2.70. The van der Waals surface area contributed by atoms with Crippen LogP contribution in [0.3, 0.4) is 0 Å². The summed E-state index contributed by atoms with van der Waals surface area (Å²) in [6, 6.07) is 19.3. The molecule has 1 aliphatic carbocycles. The van der Waals surface area contributed by atoms with Crippen LogP contribution in [0.4, 0.5) is 5.69 Å². The number of nitrogens with zero attached hydrogens (tertiary/aromatic N) is 1. The molecule has 1 aromatic heterocycles. The summed E-state index contributed by atoms with van der Waals surface area (Å²) in [5.74, 6) is 1.08. The standard InChI is InChI=1S/C29H32N2O5/c1-19-25(18-26(36-19)20-6-4-3-5-7-20)28(21-10-14-24(32)15-11-21)30-23-12-8-22(9-13-23)29(35)31(2)17-16-27(33)34/h3-9,12-13,18,21,28,30H,10-11,14-17H2,1-2H3,(H,33,34). The van der Waals surface area contributed by atoms with Gasteiger partial charge in [0.2, 0.25) is 0 Å². The molecule has 1 unspecified atom stereocenters. The van der Waals surface area contributed by atoms with Gasteiger partial charge in [0.25, 0.3) is 5.91 Å². The van der Waals surface area contributed by atoms with Crippen LogP contribution in [0.2, 0.25) is 0 Å². The van der Waals surface area contributed by atoms with Crippen molar-refractivity contribution in [2.75, 3.05) is 18.9 Å². The lowest BCUT2D eigenvalue weighted by Crippen LogP contribution is -2.29. The molecule has 188 valence electrons. The van der Waals surface area contributed by atoms with Gasteiger partial charge in [-0.3, -0.25) is 14.4 Å². The Morgan fingerprint density at radius 2 is 1.75 bits per heavy atom. The second-order valence-corrected chi connectivity index (χ2v) is 9.43. The van der Waals surface area contributed by atoms with E-state index < -0.39 is 5.97 Å². The summed E-state index contributed by atoms with van der Waals surface area (Å²) in [5, 5.41) is 12.5. The van der Waals surface area contributed by atoms with Gasteiger partial charge in [0, 0.05) is 48.8 Å². The molecule has 1 fully saturated rings. The quantitative estimate of drug-likeness (QED) is 0.400. The van der Waals surface area contributed by atoms with Crippen molar-refractivity contribution in [3.8, 4) is 11.3 Å². The Kier molecular flexibility index (Phi) is 7.88. The molecule has 1 aliphatic rings. The number of Topliss-reactive ketones (excluding diaryl/α,β-unsaturated/α-hetero) is 1. The summed E-state index contributed by atoms with van der Waals surface area (Å²) in [4.78, 5) is 36.8. The van der Waals surface area contributed by atoms with Gasteiger partial charge in [-0.2, -0.15) is 0 Å². The van der Waals surface area contributed by atoms with E-state index in [1.165, 1.54) is 4.90 Å². The van der Waals surface area contributed by atoms with Crippen LogP contribution in [0.5, 0.6) is 0 Å². The Bertz CT molecular complexity index is 1210. The zero-order valence-corrected chi connectivity index (χ0v) is 20.7. The Hall–Kier alpha value is -3.87. The first-order chi connectivity index (χ1) is 17.3. The molecule has 0 saturated heterocycles. The maximum absolute atomic E-state index is 12.6. The van der Waals surface area contributed by atoms with Crippen molar-refractivity contribution in [3.63, 3.8) is 0 Å². The van der Waals surface area contributed by atoms with Crippen LogP contribution in [0.15, 0.2) is 65.1 Å². The van der Waals surface area contributed by atoms with E-state index in [4.69, 9.17) is 9.52 Å². The highest BCUT2D eigenvalue weighted by atomic mass is 16.4. The number of aryl methyl sites for hydroxylation is 1. The monoisotopic (exact) mass is 488 g/mol. The summed E-state index contributed by atoms with van der Waals surface area (Å²) < 4.78 is 6.15. The molecule has 3 aromatic rings. The number of anilines is 1. The molecule has 1 saturated carbocycles. The van der Waals surface area contributed by atoms with Crippen molar-refractivity contribution >= 4 is 23.3 Å². The van der Waals surface area contributed by atoms with Gasteiger partial charge in [-0.1, -0.05) is 30.3 Å². The van der Waals surface area contributed by atoms with Gasteiger partial charge in [0.1, 0.15) is 17.3 Å². The van der Waals surface area contributed by atoms with Crippen molar-refractivity contribution in [2.24, 2.45) is 5.92 Å². The molecule has 2 N–H and O–H groups in total. The fraction of sp³-hybridized carbons (Fsp3) is 0.345. The smallest absolute Gasteiger partial charge is 0.305 e. The average molecular weight is 489 g/mol. The molecule has 0 bridgehead atoms. The van der Waals surface area contributed by atoms with Crippen LogP contribution < -0.4 is 5.32 Å². The third-order valence-electron chi connectivity index (χ3n) is 6.87. The van der Waals surface area contributed by atoms with E-state index in [1.54, 1.807) is 19.2 Å². The highest BCUT2D eigenvalue weighted by Gasteiger charge is 2.30. The zero-order valence-electron chi connectivity index (χ0n) is 20.7. The molecule has 4 rings (SSSR count). The molecule has 0 aliphatic heterocycles. The highest BCUT2D eigenvalue weighted by Crippen LogP contribution is 2.39. The molecule has 1 atom stereocenters. The number of amides is 1. The summed E-state index contributed by atoms with van der Waals surface area (Å²) in [5.41, 5.74) is 3.45. The Morgan fingerprint density at radius 3 is 2.39 bits per heavy atom. The average Bonchev–Trinajstić information content (AvgIpc) is 3.28. The molecule has 2 aromatic carbocycles. The van der Waals surface area contributed by atoms with E-state index in [1.807, 2.05) is 49.4 Å². The van der Waals surface area contributed by atoms with E-state index in [0.29, 0.717) is 24.2 Å². The molecule has 1 heterocycles. The van der Waals surface area contributed by atoms with Crippen molar-refractivity contribution in [1.82, 2.24) is 4.90 Å². The molecule has 0 spiro atoms.